The number of rotatable bonds is 3. The Hall–Kier alpha value is -1.84. The van der Waals surface area contributed by atoms with Crippen molar-refractivity contribution in [2.24, 2.45) is 0 Å². The number of ether oxygens (including phenoxy) is 1. The molecule has 0 atom stereocenters. The van der Waals surface area contributed by atoms with Crippen molar-refractivity contribution in [3.05, 3.63) is 28.8 Å². The SMILES string of the molecule is CNc1cc(C=O)c(C)c(C(=O)OC)c1. The number of hydrogen-bond acceptors (Lipinski definition) is 4. The van der Waals surface area contributed by atoms with Gasteiger partial charge in [0.05, 0.1) is 12.7 Å². The van der Waals surface area contributed by atoms with Crippen LogP contribution in [0, 0.1) is 6.92 Å². The van der Waals surface area contributed by atoms with Crippen LogP contribution in [0.2, 0.25) is 0 Å². The molecular weight excluding hydrogens is 194 g/mol. The smallest absolute Gasteiger partial charge is 0.338 e. The highest BCUT2D eigenvalue weighted by Crippen LogP contribution is 2.19. The number of esters is 1. The lowest BCUT2D eigenvalue weighted by atomic mass is 10.0. The van der Waals surface area contributed by atoms with Gasteiger partial charge < -0.3 is 10.1 Å². The van der Waals surface area contributed by atoms with Gasteiger partial charge in [0, 0.05) is 18.3 Å². The maximum Gasteiger partial charge on any atom is 0.338 e. The van der Waals surface area contributed by atoms with Crippen molar-refractivity contribution in [3.63, 3.8) is 0 Å². The highest BCUT2D eigenvalue weighted by molar-refractivity contribution is 5.95. The fraction of sp³-hybridized carbons (Fsp3) is 0.273. The van der Waals surface area contributed by atoms with E-state index in [0.717, 1.165) is 6.29 Å². The van der Waals surface area contributed by atoms with Crippen LogP contribution in [-0.4, -0.2) is 26.4 Å². The van der Waals surface area contributed by atoms with Crippen LogP contribution in [0.25, 0.3) is 0 Å². The molecule has 0 heterocycles. The Labute approximate surface area is 88.2 Å². The molecule has 0 amide bonds. The average Bonchev–Trinajstić information content (AvgIpc) is 2.28. The Morgan fingerprint density at radius 3 is 2.60 bits per heavy atom. The van der Waals surface area contributed by atoms with Crippen molar-refractivity contribution in [1.82, 2.24) is 0 Å². The molecule has 1 rings (SSSR count). The second-order valence-corrected chi connectivity index (χ2v) is 3.10. The summed E-state index contributed by atoms with van der Waals surface area (Å²) in [6.45, 7) is 1.72. The predicted octanol–water partition coefficient (Wildman–Crippen LogP) is 1.64. The third kappa shape index (κ3) is 2.15. The van der Waals surface area contributed by atoms with Crippen LogP contribution in [-0.2, 0) is 4.74 Å². The maximum absolute atomic E-state index is 11.4. The highest BCUT2D eigenvalue weighted by atomic mass is 16.5. The lowest BCUT2D eigenvalue weighted by molar-refractivity contribution is 0.0600. The molecule has 0 fully saturated rings. The summed E-state index contributed by atoms with van der Waals surface area (Å²) < 4.78 is 4.63. The molecule has 0 aliphatic heterocycles. The number of methoxy groups -OCH3 is 1. The zero-order chi connectivity index (χ0) is 11.4. The molecule has 0 bridgehead atoms. The molecule has 1 aromatic rings. The first kappa shape index (κ1) is 11.2. The standard InChI is InChI=1S/C11H13NO3/c1-7-8(6-13)4-9(12-2)5-10(7)11(14)15-3/h4-6,12H,1-3H3. The van der Waals surface area contributed by atoms with Crippen LogP contribution < -0.4 is 5.32 Å². The van der Waals surface area contributed by atoms with E-state index in [0.29, 0.717) is 22.4 Å². The molecule has 0 aliphatic rings. The van der Waals surface area contributed by atoms with Gasteiger partial charge in [-0.2, -0.15) is 0 Å². The molecule has 1 N–H and O–H groups in total. The van der Waals surface area contributed by atoms with Gasteiger partial charge in [-0.3, -0.25) is 4.79 Å². The minimum Gasteiger partial charge on any atom is -0.465 e. The first-order valence-corrected chi connectivity index (χ1v) is 4.50. The van der Waals surface area contributed by atoms with Crippen LogP contribution in [0.5, 0.6) is 0 Å². The van der Waals surface area contributed by atoms with Crippen molar-refractivity contribution in [3.8, 4) is 0 Å². The zero-order valence-corrected chi connectivity index (χ0v) is 8.96. The Morgan fingerprint density at radius 1 is 1.47 bits per heavy atom. The summed E-state index contributed by atoms with van der Waals surface area (Å²) in [5.74, 6) is -0.437. The number of anilines is 1. The monoisotopic (exact) mass is 207 g/mol. The molecule has 0 saturated heterocycles. The molecule has 0 aliphatic carbocycles. The predicted molar refractivity (Wildman–Crippen MR) is 57.5 cm³/mol. The Morgan fingerprint density at radius 2 is 2.13 bits per heavy atom. The minimum atomic E-state index is -0.437. The van der Waals surface area contributed by atoms with E-state index in [-0.39, 0.29) is 0 Å². The van der Waals surface area contributed by atoms with Gasteiger partial charge in [0.2, 0.25) is 0 Å². The van der Waals surface area contributed by atoms with Crippen LogP contribution in [0.15, 0.2) is 12.1 Å². The fourth-order valence-corrected chi connectivity index (χ4v) is 1.33. The number of aldehydes is 1. The summed E-state index contributed by atoms with van der Waals surface area (Å²) in [5, 5.41) is 2.88. The van der Waals surface area contributed by atoms with Crippen molar-refractivity contribution in [1.29, 1.82) is 0 Å². The number of nitrogens with one attached hydrogen (secondary N) is 1. The number of carbonyl (C=O) groups excluding carboxylic acids is 2. The molecule has 1 aromatic carbocycles. The molecule has 0 spiro atoms. The van der Waals surface area contributed by atoms with E-state index >= 15 is 0 Å². The van der Waals surface area contributed by atoms with Crippen LogP contribution in [0.3, 0.4) is 0 Å². The molecule has 0 radical (unpaired) electrons. The van der Waals surface area contributed by atoms with Gasteiger partial charge in [0.25, 0.3) is 0 Å². The van der Waals surface area contributed by atoms with Gasteiger partial charge >= 0.3 is 5.97 Å². The maximum atomic E-state index is 11.4. The molecular formula is C11H13NO3. The normalized spacial score (nSPS) is 9.53. The molecule has 4 heteroatoms. The van der Waals surface area contributed by atoms with Crippen molar-refractivity contribution < 1.29 is 14.3 Å². The third-order valence-electron chi connectivity index (χ3n) is 2.27. The van der Waals surface area contributed by atoms with E-state index in [9.17, 15) is 9.59 Å². The second kappa shape index (κ2) is 4.59. The van der Waals surface area contributed by atoms with Gasteiger partial charge in [0.1, 0.15) is 6.29 Å². The van der Waals surface area contributed by atoms with Gasteiger partial charge in [0.15, 0.2) is 0 Å². The van der Waals surface area contributed by atoms with E-state index in [1.807, 2.05) is 0 Å². The van der Waals surface area contributed by atoms with E-state index in [1.165, 1.54) is 7.11 Å². The van der Waals surface area contributed by atoms with Crippen molar-refractivity contribution >= 4 is 17.9 Å². The molecule has 0 aromatic heterocycles. The Balaban J connectivity index is 3.36. The van der Waals surface area contributed by atoms with Gasteiger partial charge in [-0.05, 0) is 24.6 Å². The summed E-state index contributed by atoms with van der Waals surface area (Å²) in [4.78, 5) is 22.2. The average molecular weight is 207 g/mol. The lowest BCUT2D eigenvalue weighted by Crippen LogP contribution is -2.07. The highest BCUT2D eigenvalue weighted by Gasteiger charge is 2.13. The lowest BCUT2D eigenvalue weighted by Gasteiger charge is -2.09. The van der Waals surface area contributed by atoms with E-state index in [2.05, 4.69) is 10.1 Å². The molecule has 15 heavy (non-hydrogen) atoms. The largest absolute Gasteiger partial charge is 0.465 e. The molecule has 4 nitrogen and oxygen atoms in total. The van der Waals surface area contributed by atoms with Crippen LogP contribution in [0.1, 0.15) is 26.3 Å². The van der Waals surface area contributed by atoms with Crippen molar-refractivity contribution in [2.45, 2.75) is 6.92 Å². The van der Waals surface area contributed by atoms with Gasteiger partial charge in [-0.25, -0.2) is 4.79 Å². The summed E-state index contributed by atoms with van der Waals surface area (Å²) in [6.07, 6.45) is 0.725. The number of carbonyl (C=O) groups is 2. The molecule has 0 saturated carbocycles. The van der Waals surface area contributed by atoms with Crippen molar-refractivity contribution in [2.75, 3.05) is 19.5 Å². The van der Waals surface area contributed by atoms with E-state index in [1.54, 1.807) is 26.1 Å². The topological polar surface area (TPSA) is 55.4 Å². The first-order valence-electron chi connectivity index (χ1n) is 4.50. The van der Waals surface area contributed by atoms with Crippen LogP contribution >= 0.6 is 0 Å². The summed E-state index contributed by atoms with van der Waals surface area (Å²) in [5.41, 5.74) is 2.24. The van der Waals surface area contributed by atoms with Gasteiger partial charge in [-0.15, -0.1) is 0 Å². The van der Waals surface area contributed by atoms with Crippen LogP contribution in [0.4, 0.5) is 5.69 Å². The Bertz CT molecular complexity index is 399. The zero-order valence-electron chi connectivity index (χ0n) is 8.96. The first-order chi connectivity index (χ1) is 7.13. The Kier molecular flexibility index (Phi) is 3.44. The summed E-state index contributed by atoms with van der Waals surface area (Å²) in [7, 11) is 3.04. The summed E-state index contributed by atoms with van der Waals surface area (Å²) in [6, 6.07) is 3.35. The third-order valence-corrected chi connectivity index (χ3v) is 2.27. The molecule has 0 unspecified atom stereocenters. The quantitative estimate of drug-likeness (QED) is 0.604. The number of benzene rings is 1. The van der Waals surface area contributed by atoms with E-state index in [4.69, 9.17) is 0 Å². The second-order valence-electron chi connectivity index (χ2n) is 3.10. The summed E-state index contributed by atoms with van der Waals surface area (Å²) >= 11 is 0. The number of hydrogen-bond donors (Lipinski definition) is 1. The fourth-order valence-electron chi connectivity index (χ4n) is 1.33. The van der Waals surface area contributed by atoms with E-state index < -0.39 is 5.97 Å². The minimum absolute atomic E-state index is 0.409. The molecule has 80 valence electrons. The van der Waals surface area contributed by atoms with Gasteiger partial charge in [-0.1, -0.05) is 0 Å².